The molecule has 1 heterocycles. The monoisotopic (exact) mass is 227 g/mol. The Morgan fingerprint density at radius 2 is 2.06 bits per heavy atom. The van der Waals surface area contributed by atoms with Gasteiger partial charge in [-0.15, -0.1) is 0 Å². The molecule has 0 atom stereocenters. The Kier molecular flexibility index (Phi) is 3.10. The average Bonchev–Trinajstić information content (AvgIpc) is 2.31. The Labute approximate surface area is 98.6 Å². The van der Waals surface area contributed by atoms with Crippen LogP contribution in [0.5, 0.6) is 0 Å². The highest BCUT2D eigenvalue weighted by Crippen LogP contribution is 2.12. The van der Waals surface area contributed by atoms with E-state index in [1.807, 2.05) is 6.07 Å². The molecule has 4 heteroatoms. The van der Waals surface area contributed by atoms with Gasteiger partial charge in [-0.2, -0.15) is 5.26 Å². The molecule has 0 aliphatic heterocycles. The lowest BCUT2D eigenvalue weighted by molar-refractivity contribution is 0.613. The third kappa shape index (κ3) is 2.64. The van der Waals surface area contributed by atoms with Crippen LogP contribution in [0.15, 0.2) is 30.3 Å². The molecule has 0 aliphatic rings. The maximum atomic E-state index is 13.4. The van der Waals surface area contributed by atoms with Crippen LogP contribution in [-0.2, 0) is 6.42 Å². The van der Waals surface area contributed by atoms with Gasteiger partial charge in [0.25, 0.3) is 0 Å². The van der Waals surface area contributed by atoms with Crippen molar-refractivity contribution in [2.24, 2.45) is 0 Å². The molecule has 1 aromatic carbocycles. The topological polar surface area (TPSA) is 49.6 Å². The Morgan fingerprint density at radius 3 is 2.76 bits per heavy atom. The number of aromatic nitrogens is 2. The molecule has 0 saturated carbocycles. The predicted molar refractivity (Wildman–Crippen MR) is 60.7 cm³/mol. The summed E-state index contributed by atoms with van der Waals surface area (Å²) in [6.45, 7) is 1.71. The first-order valence-corrected chi connectivity index (χ1v) is 5.17. The van der Waals surface area contributed by atoms with E-state index in [4.69, 9.17) is 5.26 Å². The number of benzene rings is 1. The van der Waals surface area contributed by atoms with Crippen LogP contribution in [0, 0.1) is 24.1 Å². The maximum Gasteiger partial charge on any atom is 0.144 e. The van der Waals surface area contributed by atoms with Gasteiger partial charge in [0.15, 0.2) is 0 Å². The minimum atomic E-state index is -0.262. The van der Waals surface area contributed by atoms with Gasteiger partial charge >= 0.3 is 0 Å². The molecule has 2 rings (SSSR count). The van der Waals surface area contributed by atoms with Gasteiger partial charge in [-0.1, -0.05) is 18.2 Å². The van der Waals surface area contributed by atoms with Crippen molar-refractivity contribution >= 4 is 0 Å². The van der Waals surface area contributed by atoms with Crippen molar-refractivity contribution in [1.82, 2.24) is 9.97 Å². The van der Waals surface area contributed by atoms with Crippen LogP contribution in [0.1, 0.15) is 22.8 Å². The van der Waals surface area contributed by atoms with Crippen LogP contribution in [0.4, 0.5) is 4.39 Å². The van der Waals surface area contributed by atoms with Crippen LogP contribution in [0.2, 0.25) is 0 Å². The SMILES string of the molecule is Cc1nc(C#N)cc(Cc2ccccc2F)n1. The fourth-order valence-electron chi connectivity index (χ4n) is 1.61. The quantitative estimate of drug-likeness (QED) is 0.791. The fourth-order valence-corrected chi connectivity index (χ4v) is 1.61. The first kappa shape index (κ1) is 11.2. The minimum absolute atomic E-state index is 0.262. The van der Waals surface area contributed by atoms with Gasteiger partial charge in [-0.25, -0.2) is 14.4 Å². The summed E-state index contributed by atoms with van der Waals surface area (Å²) in [7, 11) is 0. The number of aryl methyl sites for hydroxylation is 1. The smallest absolute Gasteiger partial charge is 0.144 e. The zero-order chi connectivity index (χ0) is 12.3. The normalized spacial score (nSPS) is 9.94. The number of hydrogen-bond acceptors (Lipinski definition) is 3. The zero-order valence-electron chi connectivity index (χ0n) is 9.31. The van der Waals surface area contributed by atoms with E-state index in [9.17, 15) is 4.39 Å². The van der Waals surface area contributed by atoms with Crippen molar-refractivity contribution in [3.8, 4) is 6.07 Å². The Hall–Kier alpha value is -2.28. The largest absolute Gasteiger partial charge is 0.238 e. The number of nitriles is 1. The molecule has 84 valence electrons. The summed E-state index contributed by atoms with van der Waals surface area (Å²) in [6.07, 6.45) is 0.366. The molecule has 0 spiro atoms. The standard InChI is InChI=1S/C13H10FN3/c1-9-16-11(7-12(8-15)17-9)6-10-4-2-3-5-13(10)14/h2-5,7H,6H2,1H3. The highest BCUT2D eigenvalue weighted by molar-refractivity contribution is 5.28. The Balaban J connectivity index is 2.34. The van der Waals surface area contributed by atoms with E-state index in [0.717, 1.165) is 0 Å². The second-order valence-electron chi connectivity index (χ2n) is 3.67. The first-order chi connectivity index (χ1) is 8.19. The van der Waals surface area contributed by atoms with Crippen LogP contribution in [0.3, 0.4) is 0 Å². The summed E-state index contributed by atoms with van der Waals surface area (Å²) >= 11 is 0. The Morgan fingerprint density at radius 1 is 1.29 bits per heavy atom. The summed E-state index contributed by atoms with van der Waals surface area (Å²) in [5.74, 6) is 0.262. The lowest BCUT2D eigenvalue weighted by Crippen LogP contribution is -2.00. The molecule has 0 amide bonds. The lowest BCUT2D eigenvalue weighted by Gasteiger charge is -2.03. The lowest BCUT2D eigenvalue weighted by atomic mass is 10.1. The third-order valence-electron chi connectivity index (χ3n) is 2.33. The van der Waals surface area contributed by atoms with Gasteiger partial charge < -0.3 is 0 Å². The summed E-state index contributed by atoms with van der Waals surface area (Å²) in [6, 6.07) is 10.1. The summed E-state index contributed by atoms with van der Waals surface area (Å²) in [4.78, 5) is 8.14. The molecule has 0 unspecified atom stereocenters. The van der Waals surface area contributed by atoms with E-state index in [1.165, 1.54) is 6.07 Å². The van der Waals surface area contributed by atoms with E-state index >= 15 is 0 Å². The summed E-state index contributed by atoms with van der Waals surface area (Å²) in [5, 5.41) is 8.79. The van der Waals surface area contributed by atoms with E-state index in [0.29, 0.717) is 29.2 Å². The highest BCUT2D eigenvalue weighted by atomic mass is 19.1. The number of nitrogens with zero attached hydrogens (tertiary/aromatic N) is 3. The van der Waals surface area contributed by atoms with Gasteiger partial charge in [-0.05, 0) is 24.6 Å². The predicted octanol–water partition coefficient (Wildman–Crippen LogP) is 2.39. The Bertz CT molecular complexity index is 587. The fraction of sp³-hybridized carbons (Fsp3) is 0.154. The van der Waals surface area contributed by atoms with Crippen LogP contribution >= 0.6 is 0 Å². The van der Waals surface area contributed by atoms with Crippen molar-refractivity contribution in [3.05, 3.63) is 58.9 Å². The van der Waals surface area contributed by atoms with E-state index in [-0.39, 0.29) is 5.82 Å². The van der Waals surface area contributed by atoms with Crippen molar-refractivity contribution in [2.75, 3.05) is 0 Å². The highest BCUT2D eigenvalue weighted by Gasteiger charge is 2.06. The zero-order valence-corrected chi connectivity index (χ0v) is 9.31. The number of halogens is 1. The molecule has 0 N–H and O–H groups in total. The maximum absolute atomic E-state index is 13.4. The summed E-state index contributed by atoms with van der Waals surface area (Å²) < 4.78 is 13.4. The van der Waals surface area contributed by atoms with Crippen LogP contribution < -0.4 is 0 Å². The van der Waals surface area contributed by atoms with Crippen molar-refractivity contribution in [3.63, 3.8) is 0 Å². The molecule has 1 aromatic heterocycles. The van der Waals surface area contributed by atoms with Crippen molar-refractivity contribution in [2.45, 2.75) is 13.3 Å². The average molecular weight is 227 g/mol. The van der Waals surface area contributed by atoms with Crippen LogP contribution in [0.25, 0.3) is 0 Å². The second kappa shape index (κ2) is 4.71. The van der Waals surface area contributed by atoms with Gasteiger partial charge in [0, 0.05) is 12.1 Å². The van der Waals surface area contributed by atoms with E-state index in [1.54, 1.807) is 31.2 Å². The molecule has 0 bridgehead atoms. The molecule has 0 fully saturated rings. The number of hydrogen-bond donors (Lipinski definition) is 0. The minimum Gasteiger partial charge on any atom is -0.238 e. The molecule has 0 aliphatic carbocycles. The summed E-state index contributed by atoms with van der Waals surface area (Å²) in [5.41, 5.74) is 1.53. The van der Waals surface area contributed by atoms with Gasteiger partial charge in [0.2, 0.25) is 0 Å². The second-order valence-corrected chi connectivity index (χ2v) is 3.67. The van der Waals surface area contributed by atoms with Gasteiger partial charge in [-0.3, -0.25) is 0 Å². The molecular weight excluding hydrogens is 217 g/mol. The van der Waals surface area contributed by atoms with Gasteiger partial charge in [0.05, 0.1) is 0 Å². The molecule has 3 nitrogen and oxygen atoms in total. The molecule has 0 radical (unpaired) electrons. The number of rotatable bonds is 2. The van der Waals surface area contributed by atoms with E-state index in [2.05, 4.69) is 9.97 Å². The third-order valence-corrected chi connectivity index (χ3v) is 2.33. The van der Waals surface area contributed by atoms with Crippen molar-refractivity contribution in [1.29, 1.82) is 5.26 Å². The van der Waals surface area contributed by atoms with Gasteiger partial charge in [0.1, 0.15) is 23.4 Å². The van der Waals surface area contributed by atoms with E-state index < -0.39 is 0 Å². The van der Waals surface area contributed by atoms with Crippen LogP contribution in [-0.4, -0.2) is 9.97 Å². The molecular formula is C13H10FN3. The molecule has 2 aromatic rings. The van der Waals surface area contributed by atoms with Crippen molar-refractivity contribution < 1.29 is 4.39 Å². The first-order valence-electron chi connectivity index (χ1n) is 5.17. The molecule has 0 saturated heterocycles. The molecule has 17 heavy (non-hydrogen) atoms.